The van der Waals surface area contributed by atoms with E-state index in [4.69, 9.17) is 0 Å². The van der Waals surface area contributed by atoms with Crippen molar-refractivity contribution in [3.63, 3.8) is 0 Å². The summed E-state index contributed by atoms with van der Waals surface area (Å²) < 4.78 is 0. The standard InChI is InChI=1S/C17H23N3O/c1-3-5-11-19-17(21)14-12-16(18-10-4-2)20-15-9-7-6-8-13(14)15/h6-9,12H,3-5,10-11H2,1-2H3,(H,18,20)(H,19,21). The lowest BCUT2D eigenvalue weighted by atomic mass is 10.1. The van der Waals surface area contributed by atoms with Crippen LogP contribution in [0.5, 0.6) is 0 Å². The Kier molecular flexibility index (Phi) is 5.55. The van der Waals surface area contributed by atoms with Crippen LogP contribution in [0.2, 0.25) is 0 Å². The van der Waals surface area contributed by atoms with Gasteiger partial charge in [0.05, 0.1) is 11.1 Å². The van der Waals surface area contributed by atoms with Crippen LogP contribution in [-0.2, 0) is 0 Å². The van der Waals surface area contributed by atoms with Crippen LogP contribution < -0.4 is 10.6 Å². The Hall–Kier alpha value is -2.10. The summed E-state index contributed by atoms with van der Waals surface area (Å²) in [5.41, 5.74) is 1.54. The Balaban J connectivity index is 2.32. The quantitative estimate of drug-likeness (QED) is 0.764. The molecule has 2 N–H and O–H groups in total. The first kappa shape index (κ1) is 15.3. The summed E-state index contributed by atoms with van der Waals surface area (Å²) in [6.45, 7) is 5.78. The van der Waals surface area contributed by atoms with Crippen molar-refractivity contribution in [2.45, 2.75) is 33.1 Å². The monoisotopic (exact) mass is 285 g/mol. The second-order valence-electron chi connectivity index (χ2n) is 5.11. The zero-order valence-electron chi connectivity index (χ0n) is 12.8. The molecule has 0 aliphatic rings. The summed E-state index contributed by atoms with van der Waals surface area (Å²) in [4.78, 5) is 17.0. The molecule has 1 aromatic carbocycles. The number of hydrogen-bond acceptors (Lipinski definition) is 3. The van der Waals surface area contributed by atoms with E-state index in [1.165, 1.54) is 0 Å². The molecule has 0 aliphatic carbocycles. The Morgan fingerprint density at radius 1 is 1.14 bits per heavy atom. The molecule has 2 aromatic rings. The minimum Gasteiger partial charge on any atom is -0.370 e. The number of benzene rings is 1. The van der Waals surface area contributed by atoms with E-state index >= 15 is 0 Å². The van der Waals surface area contributed by atoms with Gasteiger partial charge in [-0.15, -0.1) is 0 Å². The molecule has 0 atom stereocenters. The van der Waals surface area contributed by atoms with Crippen molar-refractivity contribution < 1.29 is 4.79 Å². The minimum atomic E-state index is -0.0263. The number of unbranched alkanes of at least 4 members (excludes halogenated alkanes) is 1. The lowest BCUT2D eigenvalue weighted by molar-refractivity contribution is 0.0955. The fraction of sp³-hybridized carbons (Fsp3) is 0.412. The van der Waals surface area contributed by atoms with E-state index in [1.807, 2.05) is 30.3 Å². The van der Waals surface area contributed by atoms with Crippen LogP contribution >= 0.6 is 0 Å². The molecule has 0 saturated carbocycles. The predicted molar refractivity (Wildman–Crippen MR) is 87.8 cm³/mol. The van der Waals surface area contributed by atoms with E-state index in [1.54, 1.807) is 0 Å². The lowest BCUT2D eigenvalue weighted by Crippen LogP contribution is -2.24. The summed E-state index contributed by atoms with van der Waals surface area (Å²) in [6.07, 6.45) is 3.09. The van der Waals surface area contributed by atoms with Gasteiger partial charge in [-0.25, -0.2) is 4.98 Å². The van der Waals surface area contributed by atoms with Gasteiger partial charge >= 0.3 is 0 Å². The van der Waals surface area contributed by atoms with Crippen molar-refractivity contribution in [3.05, 3.63) is 35.9 Å². The first-order valence-corrected chi connectivity index (χ1v) is 7.68. The minimum absolute atomic E-state index is 0.0263. The molecule has 2 rings (SSSR count). The molecule has 0 saturated heterocycles. The highest BCUT2D eigenvalue weighted by Crippen LogP contribution is 2.20. The van der Waals surface area contributed by atoms with Crippen LogP contribution in [0.3, 0.4) is 0 Å². The van der Waals surface area contributed by atoms with Crippen LogP contribution in [0.1, 0.15) is 43.5 Å². The van der Waals surface area contributed by atoms with Crippen LogP contribution in [0, 0.1) is 0 Å². The maximum atomic E-state index is 12.4. The molecule has 4 heteroatoms. The van der Waals surface area contributed by atoms with Gasteiger partial charge in [0, 0.05) is 18.5 Å². The largest absolute Gasteiger partial charge is 0.370 e. The number of fused-ring (bicyclic) bond motifs is 1. The van der Waals surface area contributed by atoms with Gasteiger partial charge in [-0.1, -0.05) is 38.5 Å². The predicted octanol–water partition coefficient (Wildman–Crippen LogP) is 3.59. The smallest absolute Gasteiger partial charge is 0.252 e. The number of pyridine rings is 1. The summed E-state index contributed by atoms with van der Waals surface area (Å²) in [6, 6.07) is 9.61. The van der Waals surface area contributed by atoms with Crippen molar-refractivity contribution in [2.75, 3.05) is 18.4 Å². The number of carbonyl (C=O) groups excluding carboxylic acids is 1. The first-order valence-electron chi connectivity index (χ1n) is 7.68. The molecular formula is C17H23N3O. The van der Waals surface area contributed by atoms with Crippen LogP contribution in [-0.4, -0.2) is 24.0 Å². The molecule has 0 spiro atoms. The number of amides is 1. The molecule has 0 radical (unpaired) electrons. The van der Waals surface area contributed by atoms with E-state index in [9.17, 15) is 4.79 Å². The van der Waals surface area contributed by atoms with Gasteiger partial charge in [0.25, 0.3) is 5.91 Å². The number of carbonyl (C=O) groups is 1. The number of hydrogen-bond donors (Lipinski definition) is 2. The number of aromatic nitrogens is 1. The first-order chi connectivity index (χ1) is 10.3. The van der Waals surface area contributed by atoms with Crippen LogP contribution in [0.25, 0.3) is 10.9 Å². The maximum absolute atomic E-state index is 12.4. The summed E-state index contributed by atoms with van der Waals surface area (Å²) in [7, 11) is 0. The number of anilines is 1. The zero-order chi connectivity index (χ0) is 15.1. The van der Waals surface area contributed by atoms with Gasteiger partial charge in [-0.3, -0.25) is 4.79 Å². The van der Waals surface area contributed by atoms with Crippen molar-refractivity contribution in [1.29, 1.82) is 0 Å². The number of para-hydroxylation sites is 1. The Labute approximate surface area is 126 Å². The topological polar surface area (TPSA) is 54.0 Å². The molecule has 112 valence electrons. The molecule has 1 aromatic heterocycles. The third kappa shape index (κ3) is 3.94. The SMILES string of the molecule is CCCCNC(=O)c1cc(NCCC)nc2ccccc12. The van der Waals surface area contributed by atoms with E-state index in [0.29, 0.717) is 12.1 Å². The fourth-order valence-electron chi connectivity index (χ4n) is 2.18. The fourth-order valence-corrected chi connectivity index (χ4v) is 2.18. The Morgan fingerprint density at radius 3 is 2.71 bits per heavy atom. The van der Waals surface area contributed by atoms with Gasteiger partial charge in [0.15, 0.2) is 0 Å². The normalized spacial score (nSPS) is 10.6. The van der Waals surface area contributed by atoms with E-state index < -0.39 is 0 Å². The van der Waals surface area contributed by atoms with Gasteiger partial charge in [-0.05, 0) is 25.0 Å². The van der Waals surface area contributed by atoms with Crippen molar-refractivity contribution in [3.8, 4) is 0 Å². The second-order valence-corrected chi connectivity index (χ2v) is 5.11. The maximum Gasteiger partial charge on any atom is 0.252 e. The zero-order valence-corrected chi connectivity index (χ0v) is 12.8. The van der Waals surface area contributed by atoms with E-state index in [-0.39, 0.29) is 5.91 Å². The van der Waals surface area contributed by atoms with E-state index in [0.717, 1.165) is 42.5 Å². The second kappa shape index (κ2) is 7.62. The summed E-state index contributed by atoms with van der Waals surface area (Å²) in [5.74, 6) is 0.734. The highest BCUT2D eigenvalue weighted by molar-refractivity contribution is 6.06. The Bertz CT molecular complexity index is 610. The molecule has 0 unspecified atom stereocenters. The third-order valence-electron chi connectivity index (χ3n) is 3.33. The van der Waals surface area contributed by atoms with Gasteiger partial charge in [-0.2, -0.15) is 0 Å². The highest BCUT2D eigenvalue weighted by atomic mass is 16.1. The van der Waals surface area contributed by atoms with Gasteiger partial charge in [0.2, 0.25) is 0 Å². The third-order valence-corrected chi connectivity index (χ3v) is 3.33. The molecule has 21 heavy (non-hydrogen) atoms. The lowest BCUT2D eigenvalue weighted by Gasteiger charge is -2.11. The van der Waals surface area contributed by atoms with Gasteiger partial charge < -0.3 is 10.6 Å². The number of nitrogens with zero attached hydrogens (tertiary/aromatic N) is 1. The number of nitrogens with one attached hydrogen (secondary N) is 2. The highest BCUT2D eigenvalue weighted by Gasteiger charge is 2.12. The number of rotatable bonds is 7. The summed E-state index contributed by atoms with van der Waals surface area (Å²) >= 11 is 0. The van der Waals surface area contributed by atoms with Gasteiger partial charge in [0.1, 0.15) is 5.82 Å². The molecule has 0 aliphatic heterocycles. The van der Waals surface area contributed by atoms with Crippen molar-refractivity contribution in [2.24, 2.45) is 0 Å². The molecule has 4 nitrogen and oxygen atoms in total. The Morgan fingerprint density at radius 2 is 1.95 bits per heavy atom. The van der Waals surface area contributed by atoms with E-state index in [2.05, 4.69) is 29.5 Å². The average Bonchev–Trinajstić information content (AvgIpc) is 2.52. The van der Waals surface area contributed by atoms with Crippen LogP contribution in [0.15, 0.2) is 30.3 Å². The molecule has 1 heterocycles. The molecule has 0 fully saturated rings. The van der Waals surface area contributed by atoms with Crippen molar-refractivity contribution >= 4 is 22.6 Å². The summed E-state index contributed by atoms with van der Waals surface area (Å²) in [5, 5.41) is 7.14. The van der Waals surface area contributed by atoms with Crippen molar-refractivity contribution in [1.82, 2.24) is 10.3 Å². The molecular weight excluding hydrogens is 262 g/mol. The molecule has 1 amide bonds. The van der Waals surface area contributed by atoms with Crippen LogP contribution in [0.4, 0.5) is 5.82 Å². The molecule has 0 bridgehead atoms. The average molecular weight is 285 g/mol.